The Labute approximate surface area is 174 Å². The average molecular weight is 411 g/mol. The van der Waals surface area contributed by atoms with Gasteiger partial charge >= 0.3 is 0 Å². The standard InChI is InChI=1S/C23H23ClN2O3/c1-14(2)13-29-21-11-15(4-7-20(21)28-3)10-16-8-9-26-22(16)25-19-12-17(24)5-6-18(19)23(26)27/h4-7,10-12,14H,8-9,13H2,1-3H3/b16-10+. The Bertz CT molecular complexity index is 1160. The zero-order chi connectivity index (χ0) is 20.5. The van der Waals surface area contributed by atoms with Crippen LogP contribution in [0.2, 0.25) is 5.02 Å². The molecule has 1 aliphatic rings. The number of benzene rings is 2. The smallest absolute Gasteiger partial charge is 0.261 e. The lowest BCUT2D eigenvalue weighted by molar-refractivity contribution is 0.257. The highest BCUT2D eigenvalue weighted by molar-refractivity contribution is 6.31. The molecule has 0 bridgehead atoms. The van der Waals surface area contributed by atoms with Crippen molar-refractivity contribution >= 4 is 34.2 Å². The highest BCUT2D eigenvalue weighted by atomic mass is 35.5. The topological polar surface area (TPSA) is 53.4 Å². The number of methoxy groups -OCH3 is 1. The molecule has 0 amide bonds. The summed E-state index contributed by atoms with van der Waals surface area (Å²) >= 11 is 6.10. The molecule has 1 aromatic heterocycles. The molecule has 0 aliphatic carbocycles. The number of fused-ring (bicyclic) bond motifs is 2. The van der Waals surface area contributed by atoms with Gasteiger partial charge in [0.25, 0.3) is 5.56 Å². The number of halogens is 1. The van der Waals surface area contributed by atoms with Gasteiger partial charge in [0.1, 0.15) is 5.82 Å². The number of nitrogens with zero attached hydrogens (tertiary/aromatic N) is 2. The molecule has 0 spiro atoms. The van der Waals surface area contributed by atoms with Gasteiger partial charge in [-0.25, -0.2) is 4.98 Å². The SMILES string of the molecule is COc1ccc(/C=C2\CCn3c2nc2cc(Cl)ccc2c3=O)cc1OCC(C)C. The Morgan fingerprint density at radius 2 is 2.03 bits per heavy atom. The maximum absolute atomic E-state index is 12.8. The van der Waals surface area contributed by atoms with Crippen LogP contribution in [0.4, 0.5) is 0 Å². The normalized spacial score (nSPS) is 14.6. The van der Waals surface area contributed by atoms with Gasteiger partial charge in [-0.2, -0.15) is 0 Å². The fraction of sp³-hybridized carbons (Fsp3) is 0.304. The summed E-state index contributed by atoms with van der Waals surface area (Å²) in [6.45, 7) is 5.45. The van der Waals surface area contributed by atoms with E-state index in [-0.39, 0.29) is 5.56 Å². The molecule has 2 aromatic carbocycles. The average Bonchev–Trinajstić information content (AvgIpc) is 3.09. The molecule has 29 heavy (non-hydrogen) atoms. The summed E-state index contributed by atoms with van der Waals surface area (Å²) in [5.74, 6) is 2.53. The van der Waals surface area contributed by atoms with Crippen molar-refractivity contribution in [3.05, 3.63) is 63.2 Å². The highest BCUT2D eigenvalue weighted by Crippen LogP contribution is 2.32. The zero-order valence-electron chi connectivity index (χ0n) is 16.7. The monoisotopic (exact) mass is 410 g/mol. The van der Waals surface area contributed by atoms with Crippen LogP contribution in [0.15, 0.2) is 41.2 Å². The van der Waals surface area contributed by atoms with Crippen LogP contribution < -0.4 is 15.0 Å². The van der Waals surface area contributed by atoms with Gasteiger partial charge in [-0.15, -0.1) is 0 Å². The summed E-state index contributed by atoms with van der Waals surface area (Å²) in [6, 6.07) is 11.0. The quantitative estimate of drug-likeness (QED) is 0.591. The number of allylic oxidation sites excluding steroid dienone is 1. The predicted molar refractivity (Wildman–Crippen MR) is 117 cm³/mol. The molecule has 0 N–H and O–H groups in total. The summed E-state index contributed by atoms with van der Waals surface area (Å²) in [5.41, 5.74) is 2.59. The van der Waals surface area contributed by atoms with Gasteiger partial charge in [0.2, 0.25) is 0 Å². The van der Waals surface area contributed by atoms with Crippen LogP contribution in [0.25, 0.3) is 22.6 Å². The maximum atomic E-state index is 12.8. The lowest BCUT2D eigenvalue weighted by atomic mass is 10.1. The van der Waals surface area contributed by atoms with Crippen LogP contribution in [0.1, 0.15) is 31.7 Å². The fourth-order valence-electron chi connectivity index (χ4n) is 3.48. The van der Waals surface area contributed by atoms with Crippen LogP contribution in [-0.2, 0) is 6.54 Å². The van der Waals surface area contributed by atoms with E-state index in [0.717, 1.165) is 17.6 Å². The van der Waals surface area contributed by atoms with Gasteiger partial charge in [0.15, 0.2) is 11.5 Å². The summed E-state index contributed by atoms with van der Waals surface area (Å²) in [4.78, 5) is 17.6. The first-order valence-corrected chi connectivity index (χ1v) is 10.1. The van der Waals surface area contributed by atoms with E-state index in [4.69, 9.17) is 26.1 Å². The molecule has 0 atom stereocenters. The Balaban J connectivity index is 1.75. The van der Waals surface area contributed by atoms with E-state index in [1.807, 2.05) is 18.2 Å². The van der Waals surface area contributed by atoms with E-state index < -0.39 is 0 Å². The number of ether oxygens (including phenoxy) is 2. The van der Waals surface area contributed by atoms with Crippen molar-refractivity contribution in [2.45, 2.75) is 26.8 Å². The first-order valence-electron chi connectivity index (χ1n) is 9.68. The van der Waals surface area contributed by atoms with Crippen molar-refractivity contribution in [1.82, 2.24) is 9.55 Å². The molecule has 3 aromatic rings. The lowest BCUT2D eigenvalue weighted by Gasteiger charge is -2.13. The zero-order valence-corrected chi connectivity index (χ0v) is 17.5. The molecule has 0 unspecified atom stereocenters. The van der Waals surface area contributed by atoms with E-state index in [1.54, 1.807) is 29.9 Å². The molecule has 6 heteroatoms. The minimum atomic E-state index is -0.0271. The summed E-state index contributed by atoms with van der Waals surface area (Å²) in [5, 5.41) is 1.16. The minimum Gasteiger partial charge on any atom is -0.493 e. The van der Waals surface area contributed by atoms with Gasteiger partial charge in [0.05, 0.1) is 24.6 Å². The number of aromatic nitrogens is 2. The Kier molecular flexibility index (Phi) is 5.33. The Hall–Kier alpha value is -2.79. The highest BCUT2D eigenvalue weighted by Gasteiger charge is 2.21. The molecule has 2 heterocycles. The van der Waals surface area contributed by atoms with Crippen molar-refractivity contribution in [3.8, 4) is 11.5 Å². The first-order chi connectivity index (χ1) is 14.0. The van der Waals surface area contributed by atoms with Crippen LogP contribution in [0.5, 0.6) is 11.5 Å². The molecule has 150 valence electrons. The number of rotatable bonds is 5. The molecule has 0 saturated heterocycles. The molecule has 0 saturated carbocycles. The summed E-state index contributed by atoms with van der Waals surface area (Å²) in [7, 11) is 1.63. The van der Waals surface area contributed by atoms with Crippen LogP contribution in [-0.4, -0.2) is 23.3 Å². The third-order valence-corrected chi connectivity index (χ3v) is 5.15. The van der Waals surface area contributed by atoms with Gasteiger partial charge in [0, 0.05) is 11.6 Å². The molecular weight excluding hydrogens is 388 g/mol. The Morgan fingerprint density at radius 3 is 2.79 bits per heavy atom. The third kappa shape index (κ3) is 3.87. The van der Waals surface area contributed by atoms with Gasteiger partial charge in [-0.3, -0.25) is 9.36 Å². The molecule has 0 fully saturated rings. The minimum absolute atomic E-state index is 0.0271. The second kappa shape index (κ2) is 7.91. The van der Waals surface area contributed by atoms with Gasteiger partial charge < -0.3 is 9.47 Å². The van der Waals surface area contributed by atoms with E-state index in [2.05, 4.69) is 19.9 Å². The van der Waals surface area contributed by atoms with Crippen LogP contribution in [0.3, 0.4) is 0 Å². The molecule has 0 radical (unpaired) electrons. The molecular formula is C23H23ClN2O3. The molecule has 5 nitrogen and oxygen atoms in total. The second-order valence-electron chi connectivity index (χ2n) is 7.59. The Morgan fingerprint density at radius 1 is 1.21 bits per heavy atom. The lowest BCUT2D eigenvalue weighted by Crippen LogP contribution is -2.20. The van der Waals surface area contributed by atoms with Gasteiger partial charge in [-0.05, 0) is 59.9 Å². The largest absolute Gasteiger partial charge is 0.493 e. The number of hydrogen-bond donors (Lipinski definition) is 0. The van der Waals surface area contributed by atoms with Crippen molar-refractivity contribution in [2.75, 3.05) is 13.7 Å². The van der Waals surface area contributed by atoms with Crippen molar-refractivity contribution in [2.24, 2.45) is 5.92 Å². The first kappa shape index (κ1) is 19.5. The van der Waals surface area contributed by atoms with Crippen LogP contribution in [0, 0.1) is 5.92 Å². The third-order valence-electron chi connectivity index (χ3n) is 4.91. The van der Waals surface area contributed by atoms with E-state index >= 15 is 0 Å². The van der Waals surface area contributed by atoms with E-state index in [9.17, 15) is 4.79 Å². The number of hydrogen-bond acceptors (Lipinski definition) is 4. The maximum Gasteiger partial charge on any atom is 0.261 e. The van der Waals surface area contributed by atoms with Crippen molar-refractivity contribution < 1.29 is 9.47 Å². The van der Waals surface area contributed by atoms with Gasteiger partial charge in [-0.1, -0.05) is 31.5 Å². The fourth-order valence-corrected chi connectivity index (χ4v) is 3.65. The van der Waals surface area contributed by atoms with E-state index in [1.165, 1.54) is 0 Å². The molecule has 1 aliphatic heterocycles. The van der Waals surface area contributed by atoms with Crippen LogP contribution >= 0.6 is 11.6 Å². The summed E-state index contributed by atoms with van der Waals surface area (Å²) < 4.78 is 13.1. The van der Waals surface area contributed by atoms with Crippen molar-refractivity contribution in [3.63, 3.8) is 0 Å². The summed E-state index contributed by atoms with van der Waals surface area (Å²) in [6.07, 6.45) is 2.81. The van der Waals surface area contributed by atoms with Crippen molar-refractivity contribution in [1.29, 1.82) is 0 Å². The van der Waals surface area contributed by atoms with E-state index in [0.29, 0.717) is 52.3 Å². The second-order valence-corrected chi connectivity index (χ2v) is 8.02. The predicted octanol–water partition coefficient (Wildman–Crippen LogP) is 5.04. The molecule has 4 rings (SSSR count).